The van der Waals surface area contributed by atoms with E-state index in [1.165, 1.54) is 31.4 Å². The Hall–Kier alpha value is -2.93. The van der Waals surface area contributed by atoms with Gasteiger partial charge in [0.2, 0.25) is 5.71 Å². The van der Waals surface area contributed by atoms with E-state index in [-0.39, 0.29) is 10.7 Å². The number of esters is 1. The third kappa shape index (κ3) is 3.64. The molecule has 0 saturated carbocycles. The smallest absolute Gasteiger partial charge is 0.338 e. The van der Waals surface area contributed by atoms with Crippen molar-refractivity contribution in [2.45, 2.75) is 13.0 Å². The number of fused-ring (bicyclic) bond motifs is 1. The van der Waals surface area contributed by atoms with Crippen LogP contribution in [0.25, 0.3) is 22.2 Å². The van der Waals surface area contributed by atoms with E-state index in [4.69, 9.17) is 20.8 Å². The summed E-state index contributed by atoms with van der Waals surface area (Å²) in [4.78, 5) is 29.7. The average Bonchev–Trinajstić information content (AvgIpc) is 2.65. The molecule has 3 rings (SSSR count). The predicted molar refractivity (Wildman–Crippen MR) is 101 cm³/mol. The number of hydrogen-bond acceptors (Lipinski definition) is 6. The Balaban J connectivity index is 2.14. The first-order valence-corrected chi connectivity index (χ1v) is 8.40. The lowest BCUT2D eigenvalue weighted by atomic mass is 10.0. The topological polar surface area (TPSA) is 72.6 Å². The van der Waals surface area contributed by atoms with Crippen molar-refractivity contribution in [3.8, 4) is 11.1 Å². The highest BCUT2D eigenvalue weighted by molar-refractivity contribution is 6.33. The number of aromatic nitrogens is 1. The van der Waals surface area contributed by atoms with Crippen LogP contribution >= 0.6 is 11.6 Å². The first-order chi connectivity index (χ1) is 12.8. The molecular formula is C19H16ClFN2O4. The van der Waals surface area contributed by atoms with Gasteiger partial charge in [-0.2, -0.15) is 4.98 Å². The zero-order valence-corrected chi connectivity index (χ0v) is 15.6. The number of pyridine rings is 1. The number of halogens is 2. The number of carbonyl (C=O) groups excluding carboxylic acids is 1. The lowest BCUT2D eigenvalue weighted by Crippen LogP contribution is -2.37. The summed E-state index contributed by atoms with van der Waals surface area (Å²) in [5, 5.41) is 0.702. The Morgan fingerprint density at radius 3 is 2.67 bits per heavy atom. The molecule has 0 saturated heterocycles. The van der Waals surface area contributed by atoms with E-state index in [2.05, 4.69) is 4.98 Å². The van der Waals surface area contributed by atoms with Crippen LogP contribution in [-0.2, 0) is 9.53 Å². The molecule has 0 bridgehead atoms. The van der Waals surface area contributed by atoms with Gasteiger partial charge in [-0.3, -0.25) is 0 Å². The van der Waals surface area contributed by atoms with Crippen LogP contribution < -0.4 is 10.5 Å². The van der Waals surface area contributed by atoms with Gasteiger partial charge in [-0.1, -0.05) is 11.6 Å². The zero-order valence-electron chi connectivity index (χ0n) is 14.8. The molecule has 0 aliphatic heterocycles. The minimum atomic E-state index is -0.619. The number of anilines is 1. The van der Waals surface area contributed by atoms with Crippen LogP contribution in [0.3, 0.4) is 0 Å². The number of rotatable bonds is 4. The van der Waals surface area contributed by atoms with E-state index >= 15 is 0 Å². The SMILES string of the molecule is COC(=O)[C@@H](C)N(C)c1ccc2c(-c3ccc(F)cc3Cl)cc(=O)oc2n1. The molecule has 0 N–H and O–H groups in total. The standard InChI is InChI=1S/C19H16ClFN2O4/c1-10(19(25)26-3)23(2)16-7-6-13-14(9-17(24)27-18(13)22-16)12-5-4-11(21)8-15(12)20/h4-10H,1-3H3/t10-/m1/s1. The molecule has 140 valence electrons. The second-order valence-corrected chi connectivity index (χ2v) is 6.34. The molecule has 0 fully saturated rings. The third-order valence-electron chi connectivity index (χ3n) is 4.30. The summed E-state index contributed by atoms with van der Waals surface area (Å²) >= 11 is 6.14. The van der Waals surface area contributed by atoms with Crippen LogP contribution in [0.1, 0.15) is 6.92 Å². The molecule has 0 aliphatic carbocycles. The second-order valence-electron chi connectivity index (χ2n) is 5.94. The molecular weight excluding hydrogens is 375 g/mol. The Kier molecular flexibility index (Phi) is 5.14. The third-order valence-corrected chi connectivity index (χ3v) is 4.61. The van der Waals surface area contributed by atoms with Gasteiger partial charge in [0.1, 0.15) is 17.7 Å². The molecule has 1 atom stereocenters. The summed E-state index contributed by atoms with van der Waals surface area (Å²) in [6.07, 6.45) is 0. The van der Waals surface area contributed by atoms with Gasteiger partial charge in [0, 0.05) is 29.6 Å². The average molecular weight is 391 g/mol. The van der Waals surface area contributed by atoms with Crippen LogP contribution in [0.2, 0.25) is 5.02 Å². The van der Waals surface area contributed by atoms with Gasteiger partial charge in [0.25, 0.3) is 0 Å². The Morgan fingerprint density at radius 2 is 2.00 bits per heavy atom. The molecule has 1 aromatic carbocycles. The fourth-order valence-corrected chi connectivity index (χ4v) is 2.96. The van der Waals surface area contributed by atoms with Crippen molar-refractivity contribution < 1.29 is 18.3 Å². The summed E-state index contributed by atoms with van der Waals surface area (Å²) in [5.74, 6) is -0.478. The molecule has 0 radical (unpaired) electrons. The fourth-order valence-electron chi connectivity index (χ4n) is 2.69. The summed E-state index contributed by atoms with van der Waals surface area (Å²) in [7, 11) is 2.98. The number of methoxy groups -OCH3 is 1. The summed E-state index contributed by atoms with van der Waals surface area (Å²) in [6, 6.07) is 8.01. The van der Waals surface area contributed by atoms with Crippen molar-refractivity contribution in [2.24, 2.45) is 0 Å². The van der Waals surface area contributed by atoms with Crippen LogP contribution in [0.15, 0.2) is 45.6 Å². The predicted octanol–water partition coefficient (Wildman–Crippen LogP) is 3.65. The minimum Gasteiger partial charge on any atom is -0.467 e. The van der Waals surface area contributed by atoms with Crippen molar-refractivity contribution >= 4 is 34.5 Å². The number of benzene rings is 1. The van der Waals surface area contributed by atoms with Gasteiger partial charge in [-0.05, 0) is 37.3 Å². The molecule has 0 amide bonds. The molecule has 2 heterocycles. The van der Waals surface area contributed by atoms with E-state index < -0.39 is 23.5 Å². The van der Waals surface area contributed by atoms with Crippen molar-refractivity contribution in [2.75, 3.05) is 19.1 Å². The van der Waals surface area contributed by atoms with Crippen molar-refractivity contribution in [1.82, 2.24) is 4.98 Å². The van der Waals surface area contributed by atoms with E-state index in [1.54, 1.807) is 31.0 Å². The van der Waals surface area contributed by atoms with Gasteiger partial charge in [-0.15, -0.1) is 0 Å². The highest BCUT2D eigenvalue weighted by atomic mass is 35.5. The molecule has 27 heavy (non-hydrogen) atoms. The van der Waals surface area contributed by atoms with Gasteiger partial charge in [0.05, 0.1) is 12.1 Å². The lowest BCUT2D eigenvalue weighted by Gasteiger charge is -2.23. The largest absolute Gasteiger partial charge is 0.467 e. The maximum atomic E-state index is 13.3. The van der Waals surface area contributed by atoms with Crippen LogP contribution in [0, 0.1) is 5.82 Å². The summed E-state index contributed by atoms with van der Waals surface area (Å²) in [6.45, 7) is 1.67. The summed E-state index contributed by atoms with van der Waals surface area (Å²) in [5.41, 5.74) is 0.432. The maximum Gasteiger partial charge on any atom is 0.338 e. The van der Waals surface area contributed by atoms with E-state index in [0.29, 0.717) is 22.3 Å². The Morgan fingerprint density at radius 1 is 1.26 bits per heavy atom. The zero-order chi connectivity index (χ0) is 19.7. The maximum absolute atomic E-state index is 13.3. The van der Waals surface area contributed by atoms with Crippen LogP contribution in [0.4, 0.5) is 10.2 Å². The molecule has 6 nitrogen and oxygen atoms in total. The van der Waals surface area contributed by atoms with Crippen molar-refractivity contribution in [3.05, 3.63) is 57.7 Å². The van der Waals surface area contributed by atoms with Crippen molar-refractivity contribution in [3.63, 3.8) is 0 Å². The minimum absolute atomic E-state index is 0.0827. The fraction of sp³-hybridized carbons (Fsp3) is 0.211. The summed E-state index contributed by atoms with van der Waals surface area (Å²) < 4.78 is 23.3. The number of ether oxygens (including phenoxy) is 1. The molecule has 0 aliphatic rings. The van der Waals surface area contributed by atoms with E-state index in [0.717, 1.165) is 0 Å². The van der Waals surface area contributed by atoms with Gasteiger partial charge < -0.3 is 14.1 Å². The molecule has 8 heteroatoms. The van der Waals surface area contributed by atoms with Gasteiger partial charge >= 0.3 is 11.6 Å². The number of hydrogen-bond donors (Lipinski definition) is 0. The number of likely N-dealkylation sites (N-methyl/N-ethyl adjacent to an activating group) is 1. The van der Waals surface area contributed by atoms with E-state index in [1.807, 2.05) is 0 Å². The Bertz CT molecular complexity index is 1080. The molecule has 0 spiro atoms. The molecule has 3 aromatic rings. The Labute approximate surface area is 159 Å². The highest BCUT2D eigenvalue weighted by Gasteiger charge is 2.21. The number of nitrogens with zero attached hydrogens (tertiary/aromatic N) is 2. The van der Waals surface area contributed by atoms with Crippen LogP contribution in [-0.4, -0.2) is 31.2 Å². The first-order valence-electron chi connectivity index (χ1n) is 8.03. The van der Waals surface area contributed by atoms with Gasteiger partial charge in [0.15, 0.2) is 0 Å². The highest BCUT2D eigenvalue weighted by Crippen LogP contribution is 2.33. The monoisotopic (exact) mass is 390 g/mol. The lowest BCUT2D eigenvalue weighted by molar-refractivity contribution is -0.141. The van der Waals surface area contributed by atoms with Gasteiger partial charge in [-0.25, -0.2) is 14.0 Å². The molecule has 2 aromatic heterocycles. The normalized spacial score (nSPS) is 12.0. The van der Waals surface area contributed by atoms with Crippen molar-refractivity contribution in [1.29, 1.82) is 0 Å². The quantitative estimate of drug-likeness (QED) is 0.633. The first kappa shape index (κ1) is 18.8. The second kappa shape index (κ2) is 7.36. The number of carbonyl (C=O) groups is 1. The van der Waals surface area contributed by atoms with Crippen LogP contribution in [0.5, 0.6) is 0 Å². The van der Waals surface area contributed by atoms with E-state index in [9.17, 15) is 14.0 Å². The molecule has 0 unspecified atom stereocenters.